The number of anilines is 1. The van der Waals surface area contributed by atoms with Crippen molar-refractivity contribution in [2.45, 2.75) is 39.2 Å². The van der Waals surface area contributed by atoms with E-state index in [2.05, 4.69) is 10.6 Å². The van der Waals surface area contributed by atoms with Crippen LogP contribution in [0.1, 0.15) is 33.6 Å². The number of hydrogen-bond donors (Lipinski definition) is 2. The Morgan fingerprint density at radius 1 is 1.25 bits per heavy atom. The largest absolute Gasteiger partial charge is 0.494 e. The Bertz CT molecular complexity index is 625. The van der Waals surface area contributed by atoms with Crippen LogP contribution in [-0.4, -0.2) is 41.4 Å². The molecule has 0 bridgehead atoms. The van der Waals surface area contributed by atoms with Crippen molar-refractivity contribution in [1.82, 2.24) is 10.2 Å². The molecular formula is C17H23N3O4. The lowest BCUT2D eigenvalue weighted by Gasteiger charge is -2.15. The average Bonchev–Trinajstić information content (AvgIpc) is 2.71. The van der Waals surface area contributed by atoms with Gasteiger partial charge in [0.15, 0.2) is 0 Å². The van der Waals surface area contributed by atoms with Gasteiger partial charge in [0.2, 0.25) is 5.91 Å². The Morgan fingerprint density at radius 3 is 2.46 bits per heavy atom. The van der Waals surface area contributed by atoms with Gasteiger partial charge in [0.25, 0.3) is 5.91 Å². The number of imide groups is 1. The number of benzene rings is 1. The van der Waals surface area contributed by atoms with Crippen LogP contribution < -0.4 is 15.4 Å². The Kier molecular flexibility index (Phi) is 5.43. The van der Waals surface area contributed by atoms with Gasteiger partial charge in [0, 0.05) is 18.7 Å². The highest BCUT2D eigenvalue weighted by Crippen LogP contribution is 2.18. The van der Waals surface area contributed by atoms with Crippen LogP contribution in [0.15, 0.2) is 24.3 Å². The lowest BCUT2D eigenvalue weighted by atomic mass is 10.1. The first-order valence-electron chi connectivity index (χ1n) is 8.00. The second kappa shape index (κ2) is 7.33. The summed E-state index contributed by atoms with van der Waals surface area (Å²) in [4.78, 5) is 36.9. The maximum Gasteiger partial charge on any atom is 0.325 e. The van der Waals surface area contributed by atoms with Crippen molar-refractivity contribution in [3.8, 4) is 5.75 Å². The second-order valence-corrected chi connectivity index (χ2v) is 6.12. The van der Waals surface area contributed by atoms with E-state index in [9.17, 15) is 14.4 Å². The molecule has 4 amide bonds. The standard InChI is InChI=1S/C17H23N3O4/c1-4-24-13-9-7-12(8-10-13)18-14(21)6-5-11-20-15(22)17(2,3)19-16(20)23/h7-10H,4-6,11H2,1-3H3,(H,18,21)(H,19,23). The van der Waals surface area contributed by atoms with Gasteiger partial charge in [0.1, 0.15) is 11.3 Å². The molecule has 24 heavy (non-hydrogen) atoms. The maximum absolute atomic E-state index is 12.0. The fourth-order valence-corrected chi connectivity index (χ4v) is 2.44. The summed E-state index contributed by atoms with van der Waals surface area (Å²) in [6.45, 7) is 6.04. The molecule has 1 aromatic rings. The molecule has 0 aromatic heterocycles. The van der Waals surface area contributed by atoms with E-state index in [4.69, 9.17) is 4.74 Å². The quantitative estimate of drug-likeness (QED) is 0.748. The topological polar surface area (TPSA) is 87.7 Å². The summed E-state index contributed by atoms with van der Waals surface area (Å²) < 4.78 is 5.34. The van der Waals surface area contributed by atoms with E-state index in [1.165, 1.54) is 0 Å². The number of urea groups is 1. The summed E-state index contributed by atoms with van der Waals surface area (Å²) in [6, 6.07) is 6.70. The van der Waals surface area contributed by atoms with Gasteiger partial charge in [-0.15, -0.1) is 0 Å². The van der Waals surface area contributed by atoms with Gasteiger partial charge in [-0.2, -0.15) is 0 Å². The van der Waals surface area contributed by atoms with Crippen LogP contribution in [0.25, 0.3) is 0 Å². The minimum absolute atomic E-state index is 0.162. The molecule has 1 aliphatic heterocycles. The molecule has 2 N–H and O–H groups in total. The third kappa shape index (κ3) is 4.24. The summed E-state index contributed by atoms with van der Waals surface area (Å²) in [7, 11) is 0. The predicted molar refractivity (Wildman–Crippen MR) is 89.8 cm³/mol. The van der Waals surface area contributed by atoms with E-state index >= 15 is 0 Å². The smallest absolute Gasteiger partial charge is 0.325 e. The van der Waals surface area contributed by atoms with Crippen molar-refractivity contribution >= 4 is 23.5 Å². The van der Waals surface area contributed by atoms with E-state index in [-0.39, 0.29) is 24.8 Å². The maximum atomic E-state index is 12.0. The first kappa shape index (κ1) is 17.8. The summed E-state index contributed by atoms with van der Waals surface area (Å²) in [6.07, 6.45) is 0.642. The SMILES string of the molecule is CCOc1ccc(NC(=O)CCCN2C(=O)NC(C)(C)C2=O)cc1. The molecule has 0 unspecified atom stereocenters. The molecule has 0 radical (unpaired) electrons. The monoisotopic (exact) mass is 333 g/mol. The first-order chi connectivity index (χ1) is 11.3. The van der Waals surface area contributed by atoms with E-state index < -0.39 is 11.6 Å². The van der Waals surface area contributed by atoms with Gasteiger partial charge in [-0.05, 0) is 51.5 Å². The normalized spacial score (nSPS) is 16.0. The number of nitrogens with one attached hydrogen (secondary N) is 2. The Hall–Kier alpha value is -2.57. The molecule has 0 aliphatic carbocycles. The van der Waals surface area contributed by atoms with E-state index in [1.807, 2.05) is 6.92 Å². The van der Waals surface area contributed by atoms with Crippen LogP contribution >= 0.6 is 0 Å². The van der Waals surface area contributed by atoms with Gasteiger partial charge in [0.05, 0.1) is 6.61 Å². The molecule has 0 atom stereocenters. The van der Waals surface area contributed by atoms with Crippen molar-refractivity contribution < 1.29 is 19.1 Å². The zero-order valence-electron chi connectivity index (χ0n) is 14.2. The summed E-state index contributed by atoms with van der Waals surface area (Å²) in [5, 5.41) is 5.39. The molecule has 130 valence electrons. The van der Waals surface area contributed by atoms with Crippen LogP contribution in [0.4, 0.5) is 10.5 Å². The molecular weight excluding hydrogens is 310 g/mol. The Morgan fingerprint density at radius 2 is 1.92 bits per heavy atom. The highest BCUT2D eigenvalue weighted by Gasteiger charge is 2.43. The second-order valence-electron chi connectivity index (χ2n) is 6.12. The summed E-state index contributed by atoms with van der Waals surface area (Å²) in [5.74, 6) is 0.321. The van der Waals surface area contributed by atoms with Crippen LogP contribution in [0.5, 0.6) is 5.75 Å². The number of carbonyl (C=O) groups excluding carboxylic acids is 3. The van der Waals surface area contributed by atoms with Gasteiger partial charge in [-0.1, -0.05) is 0 Å². The molecule has 1 saturated heterocycles. The molecule has 2 rings (SSSR count). The fraction of sp³-hybridized carbons (Fsp3) is 0.471. The Balaban J connectivity index is 1.77. The number of carbonyl (C=O) groups is 3. The number of nitrogens with zero attached hydrogens (tertiary/aromatic N) is 1. The van der Waals surface area contributed by atoms with Crippen LogP contribution in [0, 0.1) is 0 Å². The van der Waals surface area contributed by atoms with E-state index in [0.29, 0.717) is 18.7 Å². The van der Waals surface area contributed by atoms with Crippen molar-refractivity contribution in [2.75, 3.05) is 18.5 Å². The fourth-order valence-electron chi connectivity index (χ4n) is 2.44. The zero-order valence-corrected chi connectivity index (χ0v) is 14.2. The number of ether oxygens (including phenoxy) is 1. The molecule has 7 nitrogen and oxygen atoms in total. The molecule has 0 saturated carbocycles. The highest BCUT2D eigenvalue weighted by atomic mass is 16.5. The summed E-state index contributed by atoms with van der Waals surface area (Å²) in [5.41, 5.74) is -0.193. The van der Waals surface area contributed by atoms with Crippen molar-refractivity contribution in [1.29, 1.82) is 0 Å². The van der Waals surface area contributed by atoms with Crippen LogP contribution in [0.2, 0.25) is 0 Å². The highest BCUT2D eigenvalue weighted by molar-refractivity contribution is 6.06. The lowest BCUT2D eigenvalue weighted by molar-refractivity contribution is -0.130. The molecule has 7 heteroatoms. The number of rotatable bonds is 7. The third-order valence-electron chi connectivity index (χ3n) is 3.68. The molecule has 1 aromatic carbocycles. The molecule has 1 aliphatic rings. The summed E-state index contributed by atoms with van der Waals surface area (Å²) >= 11 is 0. The molecule has 1 heterocycles. The van der Waals surface area contributed by atoms with Gasteiger partial charge in [-0.25, -0.2) is 4.79 Å². The third-order valence-corrected chi connectivity index (χ3v) is 3.68. The van der Waals surface area contributed by atoms with Gasteiger partial charge in [-0.3, -0.25) is 14.5 Å². The minimum atomic E-state index is -0.873. The van der Waals surface area contributed by atoms with E-state index in [0.717, 1.165) is 10.6 Å². The molecule has 1 fully saturated rings. The van der Waals surface area contributed by atoms with Crippen molar-refractivity contribution in [3.63, 3.8) is 0 Å². The van der Waals surface area contributed by atoms with Crippen LogP contribution in [0.3, 0.4) is 0 Å². The van der Waals surface area contributed by atoms with Crippen molar-refractivity contribution in [3.05, 3.63) is 24.3 Å². The van der Waals surface area contributed by atoms with Crippen molar-refractivity contribution in [2.24, 2.45) is 0 Å². The first-order valence-corrected chi connectivity index (χ1v) is 8.00. The van der Waals surface area contributed by atoms with Gasteiger partial charge < -0.3 is 15.4 Å². The zero-order chi connectivity index (χ0) is 17.7. The van der Waals surface area contributed by atoms with E-state index in [1.54, 1.807) is 38.1 Å². The number of hydrogen-bond acceptors (Lipinski definition) is 4. The lowest BCUT2D eigenvalue weighted by Crippen LogP contribution is -2.40. The average molecular weight is 333 g/mol. The van der Waals surface area contributed by atoms with Gasteiger partial charge >= 0.3 is 6.03 Å². The predicted octanol–water partition coefficient (Wildman–Crippen LogP) is 2.13. The Labute approximate surface area is 141 Å². The number of amides is 4. The minimum Gasteiger partial charge on any atom is -0.494 e. The van der Waals surface area contributed by atoms with Crippen LogP contribution in [-0.2, 0) is 9.59 Å². The molecule has 0 spiro atoms.